The maximum atomic E-state index is 12.6. The number of likely N-dealkylation sites (N-methyl/N-ethyl adjacent to an activating group) is 1. The van der Waals surface area contributed by atoms with Crippen LogP contribution in [0, 0.1) is 0 Å². The van der Waals surface area contributed by atoms with Crippen LogP contribution in [0.2, 0.25) is 0 Å². The largest absolute Gasteiger partial charge is 0.452 e. The molecule has 2 aromatic heterocycles. The van der Waals surface area contributed by atoms with E-state index in [9.17, 15) is 9.59 Å². The molecular formula is C20H23NO3S2. The van der Waals surface area contributed by atoms with Crippen LogP contribution in [0.5, 0.6) is 0 Å². The second kappa shape index (κ2) is 9.14. The lowest BCUT2D eigenvalue weighted by molar-refractivity contribution is -0.148. The first-order chi connectivity index (χ1) is 12.6. The number of thiophene rings is 2. The molecule has 26 heavy (non-hydrogen) atoms. The minimum Gasteiger partial charge on any atom is -0.452 e. The van der Waals surface area contributed by atoms with Crippen molar-refractivity contribution in [2.75, 3.05) is 13.7 Å². The van der Waals surface area contributed by atoms with Crippen molar-refractivity contribution in [2.24, 2.45) is 0 Å². The summed E-state index contributed by atoms with van der Waals surface area (Å²) in [5.74, 6) is -0.585. The van der Waals surface area contributed by atoms with E-state index in [2.05, 4.69) is 0 Å². The van der Waals surface area contributed by atoms with E-state index in [1.165, 1.54) is 17.8 Å². The Bertz CT molecular complexity index is 744. The Morgan fingerprint density at radius 3 is 2.54 bits per heavy atom. The molecule has 0 bridgehead atoms. The van der Waals surface area contributed by atoms with Crippen molar-refractivity contribution < 1.29 is 14.3 Å². The van der Waals surface area contributed by atoms with Gasteiger partial charge in [0.2, 0.25) is 0 Å². The first kappa shape index (κ1) is 18.9. The number of amides is 1. The molecule has 1 aliphatic carbocycles. The Labute approximate surface area is 162 Å². The van der Waals surface area contributed by atoms with Gasteiger partial charge in [0, 0.05) is 22.8 Å². The molecule has 1 saturated carbocycles. The zero-order valence-corrected chi connectivity index (χ0v) is 16.5. The summed E-state index contributed by atoms with van der Waals surface area (Å²) in [7, 11) is 1.81. The van der Waals surface area contributed by atoms with E-state index >= 15 is 0 Å². The lowest BCUT2D eigenvalue weighted by Gasteiger charge is -2.31. The summed E-state index contributed by atoms with van der Waals surface area (Å²) in [5.41, 5.74) is 0.496. The van der Waals surface area contributed by atoms with Gasteiger partial charge in [-0.25, -0.2) is 4.79 Å². The zero-order chi connectivity index (χ0) is 18.4. The normalized spacial score (nSPS) is 15.7. The van der Waals surface area contributed by atoms with Crippen molar-refractivity contribution in [3.8, 4) is 0 Å². The molecular weight excluding hydrogens is 366 g/mol. The summed E-state index contributed by atoms with van der Waals surface area (Å²) in [5, 5.41) is 3.89. The SMILES string of the molecule is CN(C(=O)COC(=O)/C(=C/c1cccs1)c1cccs1)C1CCCCC1. The predicted octanol–water partition coefficient (Wildman–Crippen LogP) is 4.68. The molecule has 0 N–H and O–H groups in total. The molecule has 0 radical (unpaired) electrons. The van der Waals surface area contributed by atoms with Gasteiger partial charge in [0.15, 0.2) is 6.61 Å². The third-order valence-corrected chi connectivity index (χ3v) is 6.40. The van der Waals surface area contributed by atoms with Crippen LogP contribution >= 0.6 is 22.7 Å². The maximum absolute atomic E-state index is 12.6. The minimum atomic E-state index is -0.453. The molecule has 2 aromatic rings. The highest BCUT2D eigenvalue weighted by atomic mass is 32.1. The Hall–Kier alpha value is -1.92. The van der Waals surface area contributed by atoms with Crippen molar-refractivity contribution >= 4 is 46.2 Å². The van der Waals surface area contributed by atoms with Crippen molar-refractivity contribution in [2.45, 2.75) is 38.1 Å². The van der Waals surface area contributed by atoms with Crippen LogP contribution in [0.3, 0.4) is 0 Å². The van der Waals surface area contributed by atoms with Crippen LogP contribution in [0.25, 0.3) is 11.6 Å². The van der Waals surface area contributed by atoms with Gasteiger partial charge < -0.3 is 9.64 Å². The molecule has 3 rings (SSSR count). The van der Waals surface area contributed by atoms with Gasteiger partial charge in [-0.15, -0.1) is 22.7 Å². The van der Waals surface area contributed by atoms with E-state index in [0.29, 0.717) is 5.57 Å². The second-order valence-electron chi connectivity index (χ2n) is 6.42. The van der Waals surface area contributed by atoms with Gasteiger partial charge in [0.05, 0.1) is 5.57 Å². The van der Waals surface area contributed by atoms with Crippen LogP contribution in [-0.2, 0) is 14.3 Å². The molecule has 0 saturated heterocycles. The highest BCUT2D eigenvalue weighted by Gasteiger charge is 2.24. The van der Waals surface area contributed by atoms with Gasteiger partial charge in [-0.2, -0.15) is 0 Å². The molecule has 0 aliphatic heterocycles. The number of carbonyl (C=O) groups is 2. The summed E-state index contributed by atoms with van der Waals surface area (Å²) >= 11 is 3.04. The molecule has 4 nitrogen and oxygen atoms in total. The Balaban J connectivity index is 1.64. The highest BCUT2D eigenvalue weighted by molar-refractivity contribution is 7.12. The average molecular weight is 390 g/mol. The number of hydrogen-bond acceptors (Lipinski definition) is 5. The fraction of sp³-hybridized carbons (Fsp3) is 0.400. The van der Waals surface area contributed by atoms with Crippen molar-refractivity contribution in [1.29, 1.82) is 0 Å². The van der Waals surface area contributed by atoms with E-state index in [1.54, 1.807) is 16.2 Å². The van der Waals surface area contributed by atoms with E-state index in [-0.39, 0.29) is 18.6 Å². The molecule has 0 aromatic carbocycles. The van der Waals surface area contributed by atoms with Gasteiger partial charge in [0.25, 0.3) is 5.91 Å². The molecule has 6 heteroatoms. The van der Waals surface area contributed by atoms with Crippen molar-refractivity contribution in [1.82, 2.24) is 4.90 Å². The van der Waals surface area contributed by atoms with Gasteiger partial charge in [0.1, 0.15) is 0 Å². The number of rotatable bonds is 6. The Kier molecular flexibility index (Phi) is 6.63. The molecule has 1 fully saturated rings. The lowest BCUT2D eigenvalue weighted by atomic mass is 9.94. The average Bonchev–Trinajstić information content (AvgIpc) is 3.37. The van der Waals surface area contributed by atoms with Crippen LogP contribution in [-0.4, -0.2) is 36.5 Å². The monoisotopic (exact) mass is 389 g/mol. The number of ether oxygens (including phenoxy) is 1. The summed E-state index contributed by atoms with van der Waals surface area (Å²) in [6, 6.07) is 7.96. The summed E-state index contributed by atoms with van der Waals surface area (Å²) in [6.07, 6.45) is 7.46. The van der Waals surface area contributed by atoms with E-state index in [1.807, 2.05) is 48.1 Å². The van der Waals surface area contributed by atoms with Crippen molar-refractivity contribution in [3.63, 3.8) is 0 Å². The van der Waals surface area contributed by atoms with E-state index in [0.717, 1.165) is 35.4 Å². The van der Waals surface area contributed by atoms with Gasteiger partial charge in [-0.3, -0.25) is 4.79 Å². The van der Waals surface area contributed by atoms with Crippen molar-refractivity contribution in [3.05, 3.63) is 44.8 Å². The molecule has 138 valence electrons. The van der Waals surface area contributed by atoms with Gasteiger partial charge >= 0.3 is 5.97 Å². The summed E-state index contributed by atoms with van der Waals surface area (Å²) in [4.78, 5) is 28.6. The third kappa shape index (κ3) is 4.83. The third-order valence-electron chi connectivity index (χ3n) is 4.68. The van der Waals surface area contributed by atoms with Gasteiger partial charge in [-0.1, -0.05) is 31.4 Å². The van der Waals surface area contributed by atoms with Crippen LogP contribution in [0.15, 0.2) is 35.0 Å². The molecule has 0 atom stereocenters. The van der Waals surface area contributed by atoms with Crippen LogP contribution in [0.1, 0.15) is 41.9 Å². The fourth-order valence-electron chi connectivity index (χ4n) is 3.16. The maximum Gasteiger partial charge on any atom is 0.340 e. The molecule has 0 spiro atoms. The molecule has 1 aliphatic rings. The predicted molar refractivity (Wildman–Crippen MR) is 107 cm³/mol. The first-order valence-corrected chi connectivity index (χ1v) is 10.6. The smallest absolute Gasteiger partial charge is 0.340 e. The number of hydrogen-bond donors (Lipinski definition) is 0. The Morgan fingerprint density at radius 2 is 1.88 bits per heavy atom. The quantitative estimate of drug-likeness (QED) is 0.532. The zero-order valence-electron chi connectivity index (χ0n) is 14.8. The topological polar surface area (TPSA) is 46.6 Å². The van der Waals surface area contributed by atoms with Crippen LogP contribution in [0.4, 0.5) is 0 Å². The highest BCUT2D eigenvalue weighted by Crippen LogP contribution is 2.26. The number of esters is 1. The fourth-order valence-corrected chi connectivity index (χ4v) is 4.54. The Morgan fingerprint density at radius 1 is 1.15 bits per heavy atom. The second-order valence-corrected chi connectivity index (χ2v) is 8.35. The van der Waals surface area contributed by atoms with E-state index < -0.39 is 5.97 Å². The summed E-state index contributed by atoms with van der Waals surface area (Å²) < 4.78 is 5.36. The summed E-state index contributed by atoms with van der Waals surface area (Å²) in [6.45, 7) is -0.209. The first-order valence-electron chi connectivity index (χ1n) is 8.87. The molecule has 0 unspecified atom stereocenters. The standard InChI is InChI=1S/C20H23NO3S2/c1-21(15-7-3-2-4-8-15)19(22)14-24-20(23)17(18-10-6-12-26-18)13-16-9-5-11-25-16/h5-6,9-13,15H,2-4,7-8,14H2,1H3/b17-13+. The minimum absolute atomic E-state index is 0.132. The number of carbonyl (C=O) groups excluding carboxylic acids is 2. The lowest BCUT2D eigenvalue weighted by Crippen LogP contribution is -2.40. The number of nitrogens with zero attached hydrogens (tertiary/aromatic N) is 1. The molecule has 1 amide bonds. The molecule has 2 heterocycles. The van der Waals surface area contributed by atoms with Gasteiger partial charge in [-0.05, 0) is 41.8 Å². The van der Waals surface area contributed by atoms with Crippen LogP contribution < -0.4 is 0 Å². The van der Waals surface area contributed by atoms with E-state index in [4.69, 9.17) is 4.74 Å².